The molecular weight excluding hydrogens is 408 g/mol. The first-order valence-corrected chi connectivity index (χ1v) is 10.7. The van der Waals surface area contributed by atoms with Gasteiger partial charge in [-0.2, -0.15) is 5.10 Å². The van der Waals surface area contributed by atoms with Gasteiger partial charge in [-0.05, 0) is 41.0 Å². The molecule has 0 radical (unpaired) electrons. The molecule has 4 aromatic carbocycles. The van der Waals surface area contributed by atoms with Gasteiger partial charge in [0.05, 0.1) is 0 Å². The number of allylic oxidation sites excluding steroid dienone is 1. The summed E-state index contributed by atoms with van der Waals surface area (Å²) in [5.74, 6) is 0.560. The molecule has 0 heterocycles. The summed E-state index contributed by atoms with van der Waals surface area (Å²) >= 11 is 0. The van der Waals surface area contributed by atoms with Crippen molar-refractivity contribution in [1.82, 2.24) is 5.43 Å². The maximum atomic E-state index is 12.3. The smallest absolute Gasteiger partial charge is 0.271 e. The molecule has 0 atom stereocenters. The lowest BCUT2D eigenvalue weighted by Gasteiger charge is -2.12. The predicted molar refractivity (Wildman–Crippen MR) is 134 cm³/mol. The minimum absolute atomic E-state index is 0.263. The number of hydrogen-bond donors (Lipinski definition) is 1. The van der Waals surface area contributed by atoms with Gasteiger partial charge in [-0.15, -0.1) is 0 Å². The molecular formula is C29H24N2O2. The van der Waals surface area contributed by atoms with Gasteiger partial charge in [0.15, 0.2) is 0 Å². The summed E-state index contributed by atoms with van der Waals surface area (Å²) in [6.45, 7) is 0.411. The zero-order chi connectivity index (χ0) is 22.7. The molecule has 4 rings (SSSR count). The SMILES string of the molecule is O=C(NN=CC=Cc1ccccc1)c1ccc(COc2ccccc2-c2ccccc2)cc1. The summed E-state index contributed by atoms with van der Waals surface area (Å²) in [4.78, 5) is 12.3. The Morgan fingerprint density at radius 2 is 1.45 bits per heavy atom. The molecule has 0 aliphatic carbocycles. The zero-order valence-corrected chi connectivity index (χ0v) is 18.1. The van der Waals surface area contributed by atoms with E-state index in [1.807, 2.05) is 91.0 Å². The molecule has 0 bridgehead atoms. The van der Waals surface area contributed by atoms with Gasteiger partial charge in [0, 0.05) is 17.3 Å². The third kappa shape index (κ3) is 6.28. The van der Waals surface area contributed by atoms with E-state index in [-0.39, 0.29) is 5.91 Å². The number of ether oxygens (including phenoxy) is 1. The van der Waals surface area contributed by atoms with Crippen LogP contribution in [0.4, 0.5) is 0 Å². The Labute approximate surface area is 193 Å². The number of benzene rings is 4. The van der Waals surface area contributed by atoms with Crippen LogP contribution in [0.2, 0.25) is 0 Å². The molecule has 4 aromatic rings. The van der Waals surface area contributed by atoms with E-state index in [1.165, 1.54) is 0 Å². The van der Waals surface area contributed by atoms with Crippen molar-refractivity contribution in [3.63, 3.8) is 0 Å². The van der Waals surface area contributed by atoms with E-state index in [4.69, 9.17) is 4.74 Å². The van der Waals surface area contributed by atoms with Gasteiger partial charge in [0.1, 0.15) is 12.4 Å². The van der Waals surface area contributed by atoms with Gasteiger partial charge in [0.2, 0.25) is 0 Å². The predicted octanol–water partition coefficient (Wildman–Crippen LogP) is 6.36. The van der Waals surface area contributed by atoms with Crippen LogP contribution in [0.3, 0.4) is 0 Å². The highest BCUT2D eigenvalue weighted by atomic mass is 16.5. The highest BCUT2D eigenvalue weighted by Crippen LogP contribution is 2.30. The van der Waals surface area contributed by atoms with E-state index in [0.29, 0.717) is 12.2 Å². The Balaban J connectivity index is 1.31. The summed E-state index contributed by atoms with van der Waals surface area (Å²) in [6.07, 6.45) is 5.25. The molecule has 0 aliphatic rings. The fourth-order valence-electron chi connectivity index (χ4n) is 3.28. The van der Waals surface area contributed by atoms with Crippen molar-refractivity contribution in [2.24, 2.45) is 5.10 Å². The molecule has 0 spiro atoms. The fourth-order valence-corrected chi connectivity index (χ4v) is 3.28. The maximum Gasteiger partial charge on any atom is 0.271 e. The summed E-state index contributed by atoms with van der Waals surface area (Å²) in [7, 11) is 0. The number of para-hydroxylation sites is 1. The van der Waals surface area contributed by atoms with Crippen molar-refractivity contribution in [3.05, 3.63) is 132 Å². The van der Waals surface area contributed by atoms with Crippen molar-refractivity contribution >= 4 is 18.2 Å². The van der Waals surface area contributed by atoms with Crippen molar-refractivity contribution in [3.8, 4) is 16.9 Å². The monoisotopic (exact) mass is 432 g/mol. The van der Waals surface area contributed by atoms with Crippen LogP contribution < -0.4 is 10.2 Å². The molecule has 4 heteroatoms. The molecule has 0 saturated heterocycles. The van der Waals surface area contributed by atoms with Crippen LogP contribution in [0.15, 0.2) is 120 Å². The lowest BCUT2D eigenvalue weighted by atomic mass is 10.0. The highest BCUT2D eigenvalue weighted by Gasteiger charge is 2.07. The van der Waals surface area contributed by atoms with Crippen LogP contribution in [0, 0.1) is 0 Å². The van der Waals surface area contributed by atoms with Crippen LogP contribution in [0.1, 0.15) is 21.5 Å². The molecule has 0 aliphatic heterocycles. The fraction of sp³-hybridized carbons (Fsp3) is 0.0345. The maximum absolute atomic E-state index is 12.3. The van der Waals surface area contributed by atoms with Crippen LogP contribution >= 0.6 is 0 Å². The van der Waals surface area contributed by atoms with Gasteiger partial charge >= 0.3 is 0 Å². The first-order valence-electron chi connectivity index (χ1n) is 10.7. The number of hydrogen-bond acceptors (Lipinski definition) is 3. The van der Waals surface area contributed by atoms with Gasteiger partial charge < -0.3 is 4.74 Å². The number of amides is 1. The standard InChI is InChI=1S/C29H24N2O2/c32-29(31-30-21-9-12-23-10-3-1-4-11-23)26-19-17-24(18-20-26)22-33-28-16-8-7-15-27(28)25-13-5-2-6-14-25/h1-21H,22H2,(H,31,32). The zero-order valence-electron chi connectivity index (χ0n) is 18.1. The van der Waals surface area contributed by atoms with Crippen LogP contribution in [0.25, 0.3) is 17.2 Å². The van der Waals surface area contributed by atoms with Gasteiger partial charge in [-0.3, -0.25) is 4.79 Å². The van der Waals surface area contributed by atoms with E-state index in [1.54, 1.807) is 24.4 Å². The second-order valence-electron chi connectivity index (χ2n) is 7.34. The number of hydrazone groups is 1. The highest BCUT2D eigenvalue weighted by molar-refractivity contribution is 5.94. The lowest BCUT2D eigenvalue weighted by Crippen LogP contribution is -2.17. The minimum atomic E-state index is -0.263. The van der Waals surface area contributed by atoms with Crippen LogP contribution in [0.5, 0.6) is 5.75 Å². The average molecular weight is 433 g/mol. The molecule has 162 valence electrons. The largest absolute Gasteiger partial charge is 0.488 e. The molecule has 0 aromatic heterocycles. The third-order valence-corrected chi connectivity index (χ3v) is 5.00. The average Bonchev–Trinajstić information content (AvgIpc) is 2.89. The number of rotatable bonds is 8. The summed E-state index contributed by atoms with van der Waals surface area (Å²) in [5.41, 5.74) is 7.28. The molecule has 33 heavy (non-hydrogen) atoms. The second-order valence-corrected chi connectivity index (χ2v) is 7.34. The van der Waals surface area contributed by atoms with Crippen molar-refractivity contribution in [1.29, 1.82) is 0 Å². The topological polar surface area (TPSA) is 50.7 Å². The van der Waals surface area contributed by atoms with Gasteiger partial charge in [0.25, 0.3) is 5.91 Å². The Hall–Kier alpha value is -4.44. The molecule has 0 unspecified atom stereocenters. The number of carbonyl (C=O) groups is 1. The Bertz CT molecular complexity index is 1230. The van der Waals surface area contributed by atoms with Gasteiger partial charge in [-0.25, -0.2) is 5.43 Å². The Morgan fingerprint density at radius 1 is 0.788 bits per heavy atom. The van der Waals surface area contributed by atoms with Crippen molar-refractivity contribution < 1.29 is 9.53 Å². The normalized spacial score (nSPS) is 11.0. The first-order chi connectivity index (χ1) is 16.3. The summed E-state index contributed by atoms with van der Waals surface area (Å²) in [5, 5.41) is 3.96. The number of nitrogens with zero attached hydrogens (tertiary/aromatic N) is 1. The summed E-state index contributed by atoms with van der Waals surface area (Å²) < 4.78 is 6.07. The number of nitrogens with one attached hydrogen (secondary N) is 1. The van der Waals surface area contributed by atoms with Crippen LogP contribution in [-0.4, -0.2) is 12.1 Å². The van der Waals surface area contributed by atoms with E-state index >= 15 is 0 Å². The Morgan fingerprint density at radius 3 is 2.21 bits per heavy atom. The second kappa shape index (κ2) is 11.3. The van der Waals surface area contributed by atoms with Crippen molar-refractivity contribution in [2.45, 2.75) is 6.61 Å². The van der Waals surface area contributed by atoms with Gasteiger partial charge in [-0.1, -0.05) is 97.1 Å². The summed E-state index contributed by atoms with van der Waals surface area (Å²) in [6, 6.07) is 35.3. The quantitative estimate of drug-likeness (QED) is 0.260. The molecule has 0 fully saturated rings. The Kier molecular flexibility index (Phi) is 7.43. The van der Waals surface area contributed by atoms with E-state index < -0.39 is 0 Å². The molecule has 1 amide bonds. The molecule has 4 nitrogen and oxygen atoms in total. The van der Waals surface area contributed by atoms with E-state index in [0.717, 1.165) is 28.0 Å². The van der Waals surface area contributed by atoms with Crippen LogP contribution in [-0.2, 0) is 6.61 Å². The minimum Gasteiger partial charge on any atom is -0.488 e. The van der Waals surface area contributed by atoms with E-state index in [9.17, 15) is 4.79 Å². The van der Waals surface area contributed by atoms with Crippen molar-refractivity contribution in [2.75, 3.05) is 0 Å². The lowest BCUT2D eigenvalue weighted by molar-refractivity contribution is 0.0955. The van der Waals surface area contributed by atoms with E-state index in [2.05, 4.69) is 22.7 Å². The third-order valence-electron chi connectivity index (χ3n) is 5.00. The molecule has 0 saturated carbocycles. The molecule has 1 N–H and O–H groups in total. The first kappa shape index (κ1) is 21.8. The number of carbonyl (C=O) groups excluding carboxylic acids is 1.